The van der Waals surface area contributed by atoms with E-state index in [0.29, 0.717) is 0 Å². The minimum absolute atomic E-state index is 0.00641. The molecule has 104 valence electrons. The first-order chi connectivity index (χ1) is 8.67. The van der Waals surface area contributed by atoms with Crippen molar-refractivity contribution in [3.8, 4) is 5.88 Å². The average Bonchev–Trinajstić information content (AvgIpc) is 2.27. The standard InChI is InChI=1S/C9H7F3N2O5/c1-4-3-13-7(19-9(10,11)12)6(14(16)17)5(4)8(15)18-2/h3H,1-2H3. The molecule has 0 N–H and O–H groups in total. The van der Waals surface area contributed by atoms with E-state index in [1.165, 1.54) is 6.92 Å². The number of carbonyl (C=O) groups excluding carboxylic acids is 1. The Morgan fingerprint density at radius 1 is 1.47 bits per heavy atom. The van der Waals surface area contributed by atoms with E-state index in [2.05, 4.69) is 14.5 Å². The number of alkyl halides is 3. The number of carbonyl (C=O) groups is 1. The van der Waals surface area contributed by atoms with Gasteiger partial charge in [0.25, 0.3) is 0 Å². The first-order valence-electron chi connectivity index (χ1n) is 4.65. The lowest BCUT2D eigenvalue weighted by Gasteiger charge is -2.10. The topological polar surface area (TPSA) is 91.6 Å². The lowest BCUT2D eigenvalue weighted by Crippen LogP contribution is -2.20. The van der Waals surface area contributed by atoms with Crippen LogP contribution in [-0.4, -0.2) is 29.3 Å². The monoisotopic (exact) mass is 280 g/mol. The van der Waals surface area contributed by atoms with Gasteiger partial charge in [0.2, 0.25) is 0 Å². The van der Waals surface area contributed by atoms with Crippen LogP contribution in [0.2, 0.25) is 0 Å². The maximum absolute atomic E-state index is 12.1. The number of hydrogen-bond acceptors (Lipinski definition) is 6. The SMILES string of the molecule is COC(=O)c1c(C)cnc(OC(F)(F)F)c1[N+](=O)[O-]. The molecule has 0 unspecified atom stereocenters. The molecule has 1 rings (SSSR count). The fraction of sp³-hybridized carbons (Fsp3) is 0.333. The van der Waals surface area contributed by atoms with Gasteiger partial charge in [-0.3, -0.25) is 10.1 Å². The van der Waals surface area contributed by atoms with Gasteiger partial charge < -0.3 is 9.47 Å². The maximum atomic E-state index is 12.1. The van der Waals surface area contributed by atoms with Crippen molar-refractivity contribution in [3.63, 3.8) is 0 Å². The summed E-state index contributed by atoms with van der Waals surface area (Å²) in [5.41, 5.74) is -1.83. The lowest BCUT2D eigenvalue weighted by atomic mass is 10.1. The molecule has 0 aromatic carbocycles. The van der Waals surface area contributed by atoms with Gasteiger partial charge in [-0.05, 0) is 12.5 Å². The number of rotatable bonds is 3. The zero-order valence-corrected chi connectivity index (χ0v) is 9.65. The van der Waals surface area contributed by atoms with Crippen LogP contribution in [0, 0.1) is 17.0 Å². The third-order valence-corrected chi connectivity index (χ3v) is 1.99. The molecule has 0 spiro atoms. The van der Waals surface area contributed by atoms with Crippen LogP contribution < -0.4 is 4.74 Å². The third-order valence-electron chi connectivity index (χ3n) is 1.99. The molecule has 1 aromatic rings. The van der Waals surface area contributed by atoms with Crippen molar-refractivity contribution in [2.75, 3.05) is 7.11 Å². The van der Waals surface area contributed by atoms with Crippen molar-refractivity contribution in [1.29, 1.82) is 0 Å². The second kappa shape index (κ2) is 5.08. The average molecular weight is 280 g/mol. The van der Waals surface area contributed by atoms with E-state index in [1.54, 1.807) is 0 Å². The van der Waals surface area contributed by atoms with Gasteiger partial charge in [-0.15, -0.1) is 13.2 Å². The van der Waals surface area contributed by atoms with Crippen LogP contribution in [0.3, 0.4) is 0 Å². The van der Waals surface area contributed by atoms with E-state index in [1.807, 2.05) is 0 Å². The number of methoxy groups -OCH3 is 1. The fourth-order valence-corrected chi connectivity index (χ4v) is 1.29. The molecule has 0 radical (unpaired) electrons. The Balaban J connectivity index is 3.50. The molecule has 7 nitrogen and oxygen atoms in total. The molecule has 0 saturated heterocycles. The molecular formula is C9H7F3N2O5. The Bertz CT molecular complexity index is 529. The van der Waals surface area contributed by atoms with Gasteiger partial charge in [-0.2, -0.15) is 0 Å². The van der Waals surface area contributed by atoms with E-state index in [0.717, 1.165) is 13.3 Å². The summed E-state index contributed by atoms with van der Waals surface area (Å²) in [7, 11) is 0.941. The van der Waals surface area contributed by atoms with Crippen LogP contribution in [0.4, 0.5) is 18.9 Å². The molecule has 0 bridgehead atoms. The van der Waals surface area contributed by atoms with Crippen molar-refractivity contribution in [3.05, 3.63) is 27.4 Å². The van der Waals surface area contributed by atoms with Gasteiger partial charge in [0.05, 0.1) is 12.0 Å². The first-order valence-corrected chi connectivity index (χ1v) is 4.65. The molecule has 1 aromatic heterocycles. The highest BCUT2D eigenvalue weighted by Crippen LogP contribution is 2.34. The molecule has 0 saturated carbocycles. The number of pyridine rings is 1. The zero-order chi connectivity index (χ0) is 14.8. The number of nitrogens with zero attached hydrogens (tertiary/aromatic N) is 2. The highest BCUT2D eigenvalue weighted by molar-refractivity contribution is 5.96. The second-order valence-electron chi connectivity index (χ2n) is 3.27. The van der Waals surface area contributed by atoms with Crippen LogP contribution in [0.1, 0.15) is 15.9 Å². The number of aromatic nitrogens is 1. The van der Waals surface area contributed by atoms with Crippen LogP contribution in [0.5, 0.6) is 5.88 Å². The van der Waals surface area contributed by atoms with Gasteiger partial charge in [-0.1, -0.05) is 0 Å². The molecule has 10 heteroatoms. The molecular weight excluding hydrogens is 273 g/mol. The van der Waals surface area contributed by atoms with Gasteiger partial charge in [0.15, 0.2) is 0 Å². The van der Waals surface area contributed by atoms with Crippen molar-refractivity contribution >= 4 is 11.7 Å². The summed E-state index contributed by atoms with van der Waals surface area (Å²) in [5, 5.41) is 10.8. The molecule has 0 aliphatic rings. The highest BCUT2D eigenvalue weighted by Gasteiger charge is 2.38. The van der Waals surface area contributed by atoms with Crippen molar-refractivity contribution in [2.24, 2.45) is 0 Å². The zero-order valence-electron chi connectivity index (χ0n) is 9.65. The summed E-state index contributed by atoms with van der Waals surface area (Å²) < 4.78 is 44.0. The quantitative estimate of drug-likeness (QED) is 0.477. The fourth-order valence-electron chi connectivity index (χ4n) is 1.29. The minimum Gasteiger partial charge on any atom is -0.465 e. The lowest BCUT2D eigenvalue weighted by molar-refractivity contribution is -0.389. The Morgan fingerprint density at radius 2 is 2.05 bits per heavy atom. The summed E-state index contributed by atoms with van der Waals surface area (Å²) in [6.07, 6.45) is -4.32. The van der Waals surface area contributed by atoms with E-state index in [9.17, 15) is 28.1 Å². The van der Waals surface area contributed by atoms with E-state index < -0.39 is 34.4 Å². The van der Waals surface area contributed by atoms with E-state index >= 15 is 0 Å². The van der Waals surface area contributed by atoms with Crippen LogP contribution in [-0.2, 0) is 4.74 Å². The Labute approximate surface area is 104 Å². The Morgan fingerprint density at radius 3 is 2.47 bits per heavy atom. The number of halogens is 3. The predicted octanol–water partition coefficient (Wildman–Crippen LogP) is 1.98. The molecule has 0 aliphatic carbocycles. The van der Waals surface area contributed by atoms with E-state index in [-0.39, 0.29) is 5.56 Å². The number of hydrogen-bond donors (Lipinski definition) is 0. The third kappa shape index (κ3) is 3.30. The van der Waals surface area contributed by atoms with Crippen molar-refractivity contribution in [2.45, 2.75) is 13.3 Å². The van der Waals surface area contributed by atoms with Gasteiger partial charge in [-0.25, -0.2) is 9.78 Å². The molecule has 1 heterocycles. The smallest absolute Gasteiger partial charge is 0.465 e. The van der Waals surface area contributed by atoms with Crippen LogP contribution in [0.15, 0.2) is 6.20 Å². The summed E-state index contributed by atoms with van der Waals surface area (Å²) in [5.74, 6) is -2.47. The molecule has 0 atom stereocenters. The summed E-state index contributed by atoms with van der Waals surface area (Å²) in [6, 6.07) is 0. The highest BCUT2D eigenvalue weighted by atomic mass is 19.4. The predicted molar refractivity (Wildman–Crippen MR) is 53.7 cm³/mol. The molecule has 19 heavy (non-hydrogen) atoms. The molecule has 0 fully saturated rings. The molecule has 0 amide bonds. The molecule has 0 aliphatic heterocycles. The minimum atomic E-state index is -5.17. The summed E-state index contributed by atoms with van der Waals surface area (Å²) in [4.78, 5) is 24.2. The summed E-state index contributed by atoms with van der Waals surface area (Å²) in [6.45, 7) is 1.27. The first kappa shape index (κ1) is 14.7. The van der Waals surface area contributed by atoms with E-state index in [4.69, 9.17) is 0 Å². The number of aryl methyl sites for hydroxylation is 1. The second-order valence-corrected chi connectivity index (χ2v) is 3.27. The number of ether oxygens (including phenoxy) is 2. The Hall–Kier alpha value is -2.39. The largest absolute Gasteiger partial charge is 0.574 e. The van der Waals surface area contributed by atoms with Gasteiger partial charge in [0, 0.05) is 6.20 Å². The van der Waals surface area contributed by atoms with Gasteiger partial charge >= 0.3 is 23.9 Å². The van der Waals surface area contributed by atoms with Crippen molar-refractivity contribution in [1.82, 2.24) is 4.98 Å². The maximum Gasteiger partial charge on any atom is 0.574 e. The summed E-state index contributed by atoms with van der Waals surface area (Å²) >= 11 is 0. The normalized spacial score (nSPS) is 11.0. The van der Waals surface area contributed by atoms with Gasteiger partial charge in [0.1, 0.15) is 5.56 Å². The Kier molecular flexibility index (Phi) is 3.92. The van der Waals surface area contributed by atoms with Crippen molar-refractivity contribution < 1.29 is 32.4 Å². The van der Waals surface area contributed by atoms with Crippen LogP contribution >= 0.6 is 0 Å². The number of nitro groups is 1. The number of esters is 1. The van der Waals surface area contributed by atoms with Crippen LogP contribution in [0.25, 0.3) is 0 Å².